The van der Waals surface area contributed by atoms with E-state index in [-0.39, 0.29) is 23.1 Å². The van der Waals surface area contributed by atoms with Crippen molar-refractivity contribution in [1.82, 2.24) is 8.68 Å². The van der Waals surface area contributed by atoms with Crippen LogP contribution < -0.4 is 10.6 Å². The largest absolute Gasteiger partial charge is 0.503 e. The maximum Gasteiger partial charge on any atom is 0.325 e. The minimum Gasteiger partial charge on any atom is -0.503 e. The molecule has 0 aliphatic carbocycles. The molecule has 0 spiro atoms. The highest BCUT2D eigenvalue weighted by molar-refractivity contribution is 7.91. The number of urea groups is 1. The van der Waals surface area contributed by atoms with Crippen molar-refractivity contribution in [1.29, 1.82) is 0 Å². The standard InChI is InChI=1S/C12H15ClN4O4S3/c1-3-17(4-2)24(20,21)11-8(18)10(16-23-11)15-12(19)14-7-5-6-22-9(7)13/h5-6,18H,3-4H2,1-2H3,(H2,14,15,16,19). The fourth-order valence-corrected chi connectivity index (χ4v) is 5.23. The van der Waals surface area contributed by atoms with Gasteiger partial charge in [0.2, 0.25) is 0 Å². The molecular weight excluding hydrogens is 396 g/mol. The predicted molar refractivity (Wildman–Crippen MR) is 95.9 cm³/mol. The van der Waals surface area contributed by atoms with Gasteiger partial charge in [-0.1, -0.05) is 25.4 Å². The zero-order valence-electron chi connectivity index (χ0n) is 12.7. The molecule has 3 N–H and O–H groups in total. The molecule has 8 nitrogen and oxygen atoms in total. The number of rotatable bonds is 6. The van der Waals surface area contributed by atoms with Crippen LogP contribution in [0.15, 0.2) is 15.7 Å². The third-order valence-electron chi connectivity index (χ3n) is 3.02. The number of nitrogens with zero attached hydrogens (tertiary/aromatic N) is 2. The van der Waals surface area contributed by atoms with Crippen molar-refractivity contribution in [3.8, 4) is 5.75 Å². The molecule has 2 amide bonds. The van der Waals surface area contributed by atoms with Gasteiger partial charge in [0.1, 0.15) is 4.34 Å². The van der Waals surface area contributed by atoms with Gasteiger partial charge in [-0.25, -0.2) is 13.2 Å². The Labute approximate surface area is 152 Å². The maximum atomic E-state index is 12.4. The van der Waals surface area contributed by atoms with E-state index in [1.54, 1.807) is 25.3 Å². The average molecular weight is 411 g/mol. The third kappa shape index (κ3) is 3.81. The van der Waals surface area contributed by atoms with Crippen LogP contribution in [0.3, 0.4) is 0 Å². The quantitative estimate of drug-likeness (QED) is 0.676. The molecule has 0 aliphatic heterocycles. The normalized spacial score (nSPS) is 11.7. The van der Waals surface area contributed by atoms with Crippen molar-refractivity contribution in [2.75, 3.05) is 23.7 Å². The maximum absolute atomic E-state index is 12.4. The van der Waals surface area contributed by atoms with Crippen LogP contribution in [0, 0.1) is 0 Å². The topological polar surface area (TPSA) is 112 Å². The highest BCUT2D eigenvalue weighted by Crippen LogP contribution is 2.36. The first-order valence-electron chi connectivity index (χ1n) is 6.81. The molecule has 0 aromatic carbocycles. The van der Waals surface area contributed by atoms with Crippen LogP contribution in [0.1, 0.15) is 13.8 Å². The minimum absolute atomic E-state index is 0.227. The van der Waals surface area contributed by atoms with E-state index in [0.29, 0.717) is 21.6 Å². The molecule has 2 aromatic rings. The smallest absolute Gasteiger partial charge is 0.325 e. The molecule has 0 bridgehead atoms. The van der Waals surface area contributed by atoms with Crippen LogP contribution in [0.2, 0.25) is 4.34 Å². The SMILES string of the molecule is CCN(CC)S(=O)(=O)c1snc(NC(=O)Nc2ccsc2Cl)c1O. The molecule has 0 saturated carbocycles. The van der Waals surface area contributed by atoms with E-state index in [9.17, 15) is 18.3 Å². The number of carbonyl (C=O) groups is 1. The number of nitrogens with one attached hydrogen (secondary N) is 2. The van der Waals surface area contributed by atoms with Crippen molar-refractivity contribution in [3.05, 3.63) is 15.8 Å². The van der Waals surface area contributed by atoms with E-state index in [2.05, 4.69) is 15.0 Å². The second kappa shape index (κ2) is 7.66. The lowest BCUT2D eigenvalue weighted by Gasteiger charge is -2.16. The molecule has 132 valence electrons. The Bertz CT molecular complexity index is 829. The number of aromatic hydroxyl groups is 1. The number of halogens is 1. The van der Waals surface area contributed by atoms with Crippen molar-refractivity contribution < 1.29 is 18.3 Å². The average Bonchev–Trinajstić information content (AvgIpc) is 3.07. The second-order valence-corrected chi connectivity index (χ2v) is 8.87. The lowest BCUT2D eigenvalue weighted by molar-refractivity contribution is 0.262. The summed E-state index contributed by atoms with van der Waals surface area (Å²) in [5.41, 5.74) is 0.407. The monoisotopic (exact) mass is 410 g/mol. The Morgan fingerprint density at radius 2 is 2.04 bits per heavy atom. The van der Waals surface area contributed by atoms with Gasteiger partial charge in [0, 0.05) is 13.1 Å². The third-order valence-corrected chi connectivity index (χ3v) is 7.53. The van der Waals surface area contributed by atoms with Gasteiger partial charge in [-0.2, -0.15) is 8.68 Å². The Balaban J connectivity index is 2.18. The second-order valence-electron chi connectivity index (χ2n) is 4.44. The van der Waals surface area contributed by atoms with Gasteiger partial charge < -0.3 is 10.4 Å². The number of amides is 2. The molecule has 0 saturated heterocycles. The summed E-state index contributed by atoms with van der Waals surface area (Å²) in [4.78, 5) is 11.9. The van der Waals surface area contributed by atoms with Crippen molar-refractivity contribution in [3.63, 3.8) is 0 Å². The zero-order valence-corrected chi connectivity index (χ0v) is 15.9. The number of sulfonamides is 1. The number of hydrogen-bond acceptors (Lipinski definition) is 7. The molecule has 2 rings (SSSR count). The highest BCUT2D eigenvalue weighted by Gasteiger charge is 2.30. The van der Waals surface area contributed by atoms with Gasteiger partial charge in [-0.3, -0.25) is 5.32 Å². The summed E-state index contributed by atoms with van der Waals surface area (Å²) in [6, 6.07) is 0.923. The molecule has 2 aromatic heterocycles. The Kier molecular flexibility index (Phi) is 6.04. The molecule has 0 radical (unpaired) electrons. The van der Waals surface area contributed by atoms with E-state index in [1.165, 1.54) is 15.6 Å². The molecule has 0 aliphatic rings. The van der Waals surface area contributed by atoms with Crippen LogP contribution >= 0.6 is 34.5 Å². The lowest BCUT2D eigenvalue weighted by Crippen LogP contribution is -2.30. The van der Waals surface area contributed by atoms with E-state index in [4.69, 9.17) is 11.6 Å². The van der Waals surface area contributed by atoms with Crippen molar-refractivity contribution >= 4 is 62.0 Å². The molecule has 0 fully saturated rings. The van der Waals surface area contributed by atoms with Gasteiger partial charge in [-0.05, 0) is 23.0 Å². The molecular formula is C12H15ClN4O4S3. The summed E-state index contributed by atoms with van der Waals surface area (Å²) in [6.45, 7) is 3.90. The number of aromatic nitrogens is 1. The van der Waals surface area contributed by atoms with E-state index in [0.717, 1.165) is 0 Å². The first-order valence-corrected chi connectivity index (χ1v) is 10.3. The summed E-state index contributed by atoms with van der Waals surface area (Å²) >= 11 is 7.72. The summed E-state index contributed by atoms with van der Waals surface area (Å²) < 4.78 is 29.9. The molecule has 0 unspecified atom stereocenters. The molecule has 2 heterocycles. The van der Waals surface area contributed by atoms with E-state index < -0.39 is 21.8 Å². The van der Waals surface area contributed by atoms with Gasteiger partial charge in [0.15, 0.2) is 15.8 Å². The van der Waals surface area contributed by atoms with Crippen LogP contribution in [0.25, 0.3) is 0 Å². The van der Waals surface area contributed by atoms with Gasteiger partial charge in [-0.15, -0.1) is 11.3 Å². The first-order chi connectivity index (χ1) is 11.3. The fourth-order valence-electron chi connectivity index (χ4n) is 1.85. The lowest BCUT2D eigenvalue weighted by atomic mass is 10.5. The van der Waals surface area contributed by atoms with Gasteiger partial charge in [0.25, 0.3) is 10.0 Å². The first kappa shape index (κ1) is 18.9. The Hall–Kier alpha value is -1.40. The summed E-state index contributed by atoms with van der Waals surface area (Å²) in [7, 11) is -3.86. The highest BCUT2D eigenvalue weighted by atomic mass is 35.5. The minimum atomic E-state index is -3.86. The number of hydrogen-bond donors (Lipinski definition) is 3. The van der Waals surface area contributed by atoms with Gasteiger partial charge >= 0.3 is 6.03 Å². The molecule has 24 heavy (non-hydrogen) atoms. The Morgan fingerprint density at radius 3 is 2.58 bits per heavy atom. The summed E-state index contributed by atoms with van der Waals surface area (Å²) in [6.07, 6.45) is 0. The number of thiophene rings is 1. The zero-order chi connectivity index (χ0) is 17.9. The van der Waals surface area contributed by atoms with E-state index in [1.807, 2.05) is 0 Å². The number of anilines is 2. The molecule has 0 atom stereocenters. The number of carbonyl (C=O) groups excluding carboxylic acids is 1. The van der Waals surface area contributed by atoms with Crippen LogP contribution in [-0.2, 0) is 10.0 Å². The summed E-state index contributed by atoms with van der Waals surface area (Å²) in [5.74, 6) is -0.812. The Morgan fingerprint density at radius 1 is 1.38 bits per heavy atom. The van der Waals surface area contributed by atoms with Crippen LogP contribution in [-0.4, -0.2) is 41.3 Å². The van der Waals surface area contributed by atoms with E-state index >= 15 is 0 Å². The fraction of sp³-hybridized carbons (Fsp3) is 0.333. The predicted octanol–water partition coefficient (Wildman–Crippen LogP) is 3.24. The van der Waals surface area contributed by atoms with Crippen LogP contribution in [0.5, 0.6) is 5.75 Å². The van der Waals surface area contributed by atoms with Crippen molar-refractivity contribution in [2.45, 2.75) is 18.1 Å². The van der Waals surface area contributed by atoms with Gasteiger partial charge in [0.05, 0.1) is 5.69 Å². The molecule has 12 heteroatoms. The van der Waals surface area contributed by atoms with Crippen molar-refractivity contribution in [2.24, 2.45) is 0 Å². The van der Waals surface area contributed by atoms with Crippen LogP contribution in [0.4, 0.5) is 16.3 Å². The summed E-state index contributed by atoms with van der Waals surface area (Å²) in [5, 5.41) is 16.6.